The lowest BCUT2D eigenvalue weighted by Gasteiger charge is -2.33. The van der Waals surface area contributed by atoms with Crippen molar-refractivity contribution in [3.8, 4) is 5.75 Å². The summed E-state index contributed by atoms with van der Waals surface area (Å²) in [6.07, 6.45) is 8.29. The minimum absolute atomic E-state index is 0.133. The maximum atomic E-state index is 12.7. The molecule has 2 aromatic rings. The van der Waals surface area contributed by atoms with Crippen molar-refractivity contribution in [3.05, 3.63) is 48.5 Å². The van der Waals surface area contributed by atoms with Crippen LogP contribution < -0.4 is 4.74 Å². The lowest BCUT2D eigenvalue weighted by atomic mass is 10.0. The van der Waals surface area contributed by atoms with Gasteiger partial charge in [-0.15, -0.1) is 0 Å². The van der Waals surface area contributed by atoms with Crippen LogP contribution in [0.25, 0.3) is 0 Å². The highest BCUT2D eigenvalue weighted by molar-refractivity contribution is 5.79. The largest absolute Gasteiger partial charge is 0.491 e. The number of nitrogens with zero attached hydrogens (tertiary/aromatic N) is 3. The summed E-state index contributed by atoms with van der Waals surface area (Å²) in [6.45, 7) is 5.60. The fraction of sp³-hybridized carbons (Fsp3) is 0.474. The van der Waals surface area contributed by atoms with Gasteiger partial charge in [-0.1, -0.05) is 12.1 Å². The Hall–Kier alpha value is -2.30. The molecule has 1 unspecified atom stereocenters. The molecule has 0 spiro atoms. The number of likely N-dealkylation sites (tertiary alicyclic amines) is 1. The van der Waals surface area contributed by atoms with Crippen molar-refractivity contribution in [2.24, 2.45) is 0 Å². The number of carbonyl (C=O) groups excluding carboxylic acids is 1. The third-order valence-corrected chi connectivity index (χ3v) is 4.32. The van der Waals surface area contributed by atoms with E-state index >= 15 is 0 Å². The van der Waals surface area contributed by atoms with Crippen molar-refractivity contribution in [3.63, 3.8) is 0 Å². The molecular weight excluding hydrogens is 302 g/mol. The first-order valence-electron chi connectivity index (χ1n) is 8.62. The summed E-state index contributed by atoms with van der Waals surface area (Å²) in [4.78, 5) is 18.8. The summed E-state index contributed by atoms with van der Waals surface area (Å²) in [6, 6.07) is 8.17. The molecule has 0 saturated carbocycles. The Balaban J connectivity index is 1.62. The van der Waals surface area contributed by atoms with E-state index in [9.17, 15) is 4.79 Å². The standard InChI is InChI=1S/C19H25N3O2/c1-15(2)24-18-7-3-5-16(11-18)12-19(23)21-9-4-6-17(13-21)22-10-8-20-14-22/h3,5,7-8,10-11,14-15,17H,4,6,9,12-13H2,1-2H3. The second kappa shape index (κ2) is 7.51. The van der Waals surface area contributed by atoms with Crippen molar-refractivity contribution >= 4 is 5.91 Å². The SMILES string of the molecule is CC(C)Oc1cccc(CC(=O)N2CCCC(n3ccnc3)C2)c1. The van der Waals surface area contributed by atoms with E-state index in [2.05, 4.69) is 9.55 Å². The Labute approximate surface area is 143 Å². The molecule has 5 heteroatoms. The summed E-state index contributed by atoms with van der Waals surface area (Å²) in [5.41, 5.74) is 1.00. The summed E-state index contributed by atoms with van der Waals surface area (Å²) in [7, 11) is 0. The lowest BCUT2D eigenvalue weighted by Crippen LogP contribution is -2.41. The molecule has 24 heavy (non-hydrogen) atoms. The number of piperidine rings is 1. The highest BCUT2D eigenvalue weighted by atomic mass is 16.5. The molecule has 2 heterocycles. The van der Waals surface area contributed by atoms with Crippen LogP contribution in [0, 0.1) is 0 Å². The second-order valence-electron chi connectivity index (χ2n) is 6.64. The van der Waals surface area contributed by atoms with E-state index in [4.69, 9.17) is 4.74 Å². The van der Waals surface area contributed by atoms with E-state index in [0.717, 1.165) is 37.2 Å². The van der Waals surface area contributed by atoms with Crippen LogP contribution in [-0.4, -0.2) is 39.6 Å². The molecule has 1 fully saturated rings. The van der Waals surface area contributed by atoms with Crippen LogP contribution in [0.5, 0.6) is 5.75 Å². The molecule has 3 rings (SSSR count). The van der Waals surface area contributed by atoms with E-state index in [1.807, 2.05) is 55.5 Å². The quantitative estimate of drug-likeness (QED) is 0.848. The van der Waals surface area contributed by atoms with Crippen molar-refractivity contribution in [1.82, 2.24) is 14.5 Å². The van der Waals surface area contributed by atoms with Crippen molar-refractivity contribution in [1.29, 1.82) is 0 Å². The van der Waals surface area contributed by atoms with Gasteiger partial charge in [-0.25, -0.2) is 4.98 Å². The van der Waals surface area contributed by atoms with Crippen LogP contribution in [0.3, 0.4) is 0 Å². The third kappa shape index (κ3) is 4.16. The van der Waals surface area contributed by atoms with Crippen LogP contribution in [-0.2, 0) is 11.2 Å². The average molecular weight is 327 g/mol. The number of hydrogen-bond acceptors (Lipinski definition) is 3. The van der Waals surface area contributed by atoms with Gasteiger partial charge in [0.2, 0.25) is 5.91 Å². The van der Waals surface area contributed by atoms with Gasteiger partial charge in [0.1, 0.15) is 5.75 Å². The van der Waals surface area contributed by atoms with Gasteiger partial charge in [-0.05, 0) is 44.4 Å². The summed E-state index contributed by atoms with van der Waals surface area (Å²) in [5.74, 6) is 1.01. The molecule has 128 valence electrons. The number of amides is 1. The highest BCUT2D eigenvalue weighted by Gasteiger charge is 2.24. The van der Waals surface area contributed by atoms with E-state index < -0.39 is 0 Å². The van der Waals surface area contributed by atoms with Gasteiger partial charge in [0.05, 0.1) is 24.9 Å². The Kier molecular flexibility index (Phi) is 5.18. The number of benzene rings is 1. The topological polar surface area (TPSA) is 47.4 Å². The van der Waals surface area contributed by atoms with Gasteiger partial charge < -0.3 is 14.2 Å². The van der Waals surface area contributed by atoms with Crippen molar-refractivity contribution in [2.75, 3.05) is 13.1 Å². The van der Waals surface area contributed by atoms with Gasteiger partial charge in [0, 0.05) is 25.5 Å². The van der Waals surface area contributed by atoms with Crippen molar-refractivity contribution in [2.45, 2.75) is 45.3 Å². The second-order valence-corrected chi connectivity index (χ2v) is 6.64. The monoisotopic (exact) mass is 327 g/mol. The van der Waals surface area contributed by atoms with Gasteiger partial charge in [-0.2, -0.15) is 0 Å². The first kappa shape index (κ1) is 16.6. The molecule has 0 radical (unpaired) electrons. The first-order chi connectivity index (χ1) is 11.6. The fourth-order valence-corrected chi connectivity index (χ4v) is 3.20. The van der Waals surface area contributed by atoms with Crippen LogP contribution in [0.15, 0.2) is 43.0 Å². The van der Waals surface area contributed by atoms with E-state index in [1.54, 1.807) is 6.20 Å². The predicted molar refractivity (Wildman–Crippen MR) is 93.0 cm³/mol. The lowest BCUT2D eigenvalue weighted by molar-refractivity contribution is -0.132. The number of ether oxygens (including phenoxy) is 1. The normalized spacial score (nSPS) is 18.0. The molecule has 0 bridgehead atoms. The van der Waals surface area contributed by atoms with E-state index in [0.29, 0.717) is 12.5 Å². The molecule has 1 atom stereocenters. The molecular formula is C19H25N3O2. The Morgan fingerprint density at radius 1 is 1.42 bits per heavy atom. The number of aromatic nitrogens is 2. The number of imidazole rings is 1. The Morgan fingerprint density at radius 2 is 2.29 bits per heavy atom. The predicted octanol–water partition coefficient (Wildman–Crippen LogP) is 3.08. The zero-order chi connectivity index (χ0) is 16.9. The molecule has 1 saturated heterocycles. The maximum Gasteiger partial charge on any atom is 0.227 e. The molecule has 1 amide bonds. The van der Waals surface area contributed by atoms with Crippen LogP contribution in [0.1, 0.15) is 38.3 Å². The average Bonchev–Trinajstić information content (AvgIpc) is 3.09. The molecule has 0 N–H and O–H groups in total. The molecule has 0 aliphatic carbocycles. The fourth-order valence-electron chi connectivity index (χ4n) is 3.20. The van der Waals surface area contributed by atoms with Gasteiger partial charge in [-0.3, -0.25) is 4.79 Å². The zero-order valence-corrected chi connectivity index (χ0v) is 14.4. The summed E-state index contributed by atoms with van der Waals surface area (Å²) in [5, 5.41) is 0. The van der Waals surface area contributed by atoms with Gasteiger partial charge in [0.25, 0.3) is 0 Å². The van der Waals surface area contributed by atoms with Crippen LogP contribution >= 0.6 is 0 Å². The Bertz CT molecular complexity index is 667. The first-order valence-corrected chi connectivity index (χ1v) is 8.62. The molecule has 1 aromatic heterocycles. The zero-order valence-electron chi connectivity index (χ0n) is 14.4. The molecule has 1 aromatic carbocycles. The van der Waals surface area contributed by atoms with Gasteiger partial charge in [0.15, 0.2) is 0 Å². The Morgan fingerprint density at radius 3 is 3.04 bits per heavy atom. The van der Waals surface area contributed by atoms with Crippen LogP contribution in [0.4, 0.5) is 0 Å². The number of rotatable bonds is 5. The molecule has 1 aliphatic rings. The smallest absolute Gasteiger partial charge is 0.227 e. The van der Waals surface area contributed by atoms with Crippen molar-refractivity contribution < 1.29 is 9.53 Å². The molecule has 5 nitrogen and oxygen atoms in total. The van der Waals surface area contributed by atoms with E-state index in [-0.39, 0.29) is 12.0 Å². The minimum atomic E-state index is 0.133. The highest BCUT2D eigenvalue weighted by Crippen LogP contribution is 2.22. The number of hydrogen-bond donors (Lipinski definition) is 0. The molecule has 1 aliphatic heterocycles. The van der Waals surface area contributed by atoms with Crippen LogP contribution in [0.2, 0.25) is 0 Å². The summed E-state index contributed by atoms with van der Waals surface area (Å²) >= 11 is 0. The van der Waals surface area contributed by atoms with Gasteiger partial charge >= 0.3 is 0 Å². The number of carbonyl (C=O) groups is 1. The summed E-state index contributed by atoms with van der Waals surface area (Å²) < 4.78 is 7.82. The minimum Gasteiger partial charge on any atom is -0.491 e. The maximum absolute atomic E-state index is 12.7. The third-order valence-electron chi connectivity index (χ3n) is 4.32. The van der Waals surface area contributed by atoms with E-state index in [1.165, 1.54) is 0 Å².